The molecule has 0 bridgehead atoms. The molecule has 0 radical (unpaired) electrons. The Hall–Kier alpha value is -1.16. The summed E-state index contributed by atoms with van der Waals surface area (Å²) in [6.07, 6.45) is 18.0. The Kier molecular flexibility index (Phi) is 8.58. The molecule has 3 rings (SSSR count). The number of rotatable bonds is 5. The highest BCUT2D eigenvalue weighted by molar-refractivity contribution is 5.36. The fourth-order valence-corrected chi connectivity index (χ4v) is 6.25. The molecule has 3 fully saturated rings. The average Bonchev–Trinajstić information content (AvgIpc) is 3.03. The van der Waals surface area contributed by atoms with Crippen LogP contribution in [0.3, 0.4) is 0 Å². The Morgan fingerprint density at radius 3 is 2.48 bits per heavy atom. The van der Waals surface area contributed by atoms with Gasteiger partial charge in [-0.15, -0.1) is 0 Å². The van der Waals surface area contributed by atoms with Gasteiger partial charge in [-0.25, -0.2) is 0 Å². The van der Waals surface area contributed by atoms with Crippen LogP contribution >= 0.6 is 0 Å². The van der Waals surface area contributed by atoms with Gasteiger partial charge in [-0.2, -0.15) is 0 Å². The summed E-state index contributed by atoms with van der Waals surface area (Å²) >= 11 is 0. The summed E-state index contributed by atoms with van der Waals surface area (Å²) in [6, 6.07) is 0. The third-order valence-electron chi connectivity index (χ3n) is 8.68. The summed E-state index contributed by atoms with van der Waals surface area (Å²) < 4.78 is 0. The Morgan fingerprint density at radius 1 is 1.10 bits per heavy atom. The molecule has 3 saturated carbocycles. The predicted molar refractivity (Wildman–Crippen MR) is 131 cm³/mol. The van der Waals surface area contributed by atoms with Gasteiger partial charge in [-0.05, 0) is 94.0 Å². The van der Waals surface area contributed by atoms with E-state index in [9.17, 15) is 10.2 Å². The molecule has 31 heavy (non-hydrogen) atoms. The summed E-state index contributed by atoms with van der Waals surface area (Å²) in [4.78, 5) is 0. The van der Waals surface area contributed by atoms with E-state index < -0.39 is 5.60 Å². The molecule has 0 unspecified atom stereocenters. The van der Waals surface area contributed by atoms with Gasteiger partial charge < -0.3 is 15.7 Å². The maximum atomic E-state index is 10.3. The quantitative estimate of drug-likeness (QED) is 0.530. The molecular weight excluding hydrogens is 384 g/mol. The summed E-state index contributed by atoms with van der Waals surface area (Å²) in [5.74, 6) is 2.08. The second-order valence-electron chi connectivity index (χ2n) is 11.2. The van der Waals surface area contributed by atoms with Crippen LogP contribution in [0, 0.1) is 29.1 Å². The first kappa shape index (κ1) is 26.1. The van der Waals surface area contributed by atoms with Crippen molar-refractivity contribution in [3.63, 3.8) is 0 Å². The SMILES string of the molecule is C=C1CC[C@H](O)C/C1=C/C=C1/CCC[C@]2(C)[C@@H]([C@H](C)/C=C/[C@H](C)C(C)(C)O)CC[C@@H]12.O. The second kappa shape index (κ2) is 10.2. The molecule has 0 saturated heterocycles. The summed E-state index contributed by atoms with van der Waals surface area (Å²) in [5.41, 5.74) is 3.78. The molecule has 3 aliphatic rings. The van der Waals surface area contributed by atoms with E-state index in [0.717, 1.165) is 19.3 Å². The molecule has 0 heterocycles. The average molecular weight is 431 g/mol. The van der Waals surface area contributed by atoms with Gasteiger partial charge in [-0.3, -0.25) is 0 Å². The minimum Gasteiger partial charge on any atom is -0.412 e. The number of allylic oxidation sites excluding steroid dienone is 5. The highest BCUT2D eigenvalue weighted by Crippen LogP contribution is 2.59. The van der Waals surface area contributed by atoms with Gasteiger partial charge in [-0.1, -0.05) is 62.8 Å². The van der Waals surface area contributed by atoms with E-state index in [1.165, 1.54) is 43.3 Å². The van der Waals surface area contributed by atoms with Gasteiger partial charge in [0.2, 0.25) is 0 Å². The molecule has 6 atom stereocenters. The third kappa shape index (κ3) is 5.80. The molecule has 0 spiro atoms. The van der Waals surface area contributed by atoms with E-state index in [1.807, 2.05) is 13.8 Å². The van der Waals surface area contributed by atoms with E-state index >= 15 is 0 Å². The molecule has 176 valence electrons. The van der Waals surface area contributed by atoms with Gasteiger partial charge in [0.15, 0.2) is 0 Å². The molecule has 3 nitrogen and oxygen atoms in total. The molecular formula is C28H46O3. The Labute approximate surface area is 190 Å². The first-order chi connectivity index (χ1) is 14.0. The van der Waals surface area contributed by atoms with Crippen molar-refractivity contribution in [2.75, 3.05) is 0 Å². The highest BCUT2D eigenvalue weighted by Gasteiger charge is 2.50. The van der Waals surface area contributed by atoms with E-state index in [1.54, 1.807) is 5.57 Å². The van der Waals surface area contributed by atoms with Crippen LogP contribution in [0.5, 0.6) is 0 Å². The number of aliphatic hydroxyl groups excluding tert-OH is 1. The number of aliphatic hydroxyl groups is 2. The topological polar surface area (TPSA) is 72.0 Å². The normalized spacial score (nSPS) is 36.5. The van der Waals surface area contributed by atoms with Gasteiger partial charge in [0.05, 0.1) is 11.7 Å². The standard InChI is InChI=1S/C28H44O2.H2O/c1-19-10-14-24(29)18-23(19)13-12-22-8-7-17-28(6)25(15-16-26(22)28)20(2)9-11-21(3)27(4,5)30;/h9,11-13,20-21,24-26,29-30H,1,7-8,10,14-18H2,2-6H3;1H2/b11-9+,22-12-,23-13-;/t20-,21+,24+,25-,26+,28-;/m1./s1. The molecule has 0 amide bonds. The summed E-state index contributed by atoms with van der Waals surface area (Å²) in [6.45, 7) is 15.0. The molecule has 0 aliphatic heterocycles. The monoisotopic (exact) mass is 430 g/mol. The lowest BCUT2D eigenvalue weighted by atomic mass is 9.61. The third-order valence-corrected chi connectivity index (χ3v) is 8.68. The van der Waals surface area contributed by atoms with Crippen molar-refractivity contribution in [2.24, 2.45) is 29.1 Å². The van der Waals surface area contributed by atoms with Gasteiger partial charge in [0.25, 0.3) is 0 Å². The van der Waals surface area contributed by atoms with Crippen LogP contribution in [-0.4, -0.2) is 27.4 Å². The van der Waals surface area contributed by atoms with Crippen molar-refractivity contribution in [2.45, 2.75) is 97.7 Å². The van der Waals surface area contributed by atoms with Gasteiger partial charge in [0.1, 0.15) is 0 Å². The zero-order valence-corrected chi connectivity index (χ0v) is 20.5. The van der Waals surface area contributed by atoms with Crippen LogP contribution in [0.15, 0.2) is 47.6 Å². The fraction of sp³-hybridized carbons (Fsp3) is 0.714. The predicted octanol–water partition coefficient (Wildman–Crippen LogP) is 5.93. The van der Waals surface area contributed by atoms with Crippen LogP contribution in [0.4, 0.5) is 0 Å². The molecule has 3 aliphatic carbocycles. The van der Waals surface area contributed by atoms with Gasteiger partial charge in [0, 0.05) is 5.92 Å². The Balaban J connectivity index is 0.00000341. The van der Waals surface area contributed by atoms with E-state index in [4.69, 9.17) is 0 Å². The van der Waals surface area contributed by atoms with Crippen molar-refractivity contribution in [3.05, 3.63) is 47.6 Å². The minimum absolute atomic E-state index is 0. The van der Waals surface area contributed by atoms with Crippen LogP contribution in [0.1, 0.15) is 86.0 Å². The number of hydrogen-bond donors (Lipinski definition) is 2. The molecule has 0 aromatic rings. The summed E-state index contributed by atoms with van der Waals surface area (Å²) in [7, 11) is 0. The van der Waals surface area contributed by atoms with E-state index in [0.29, 0.717) is 23.2 Å². The number of fused-ring (bicyclic) bond motifs is 1. The lowest BCUT2D eigenvalue weighted by molar-refractivity contribution is 0.0436. The molecule has 4 N–H and O–H groups in total. The Morgan fingerprint density at radius 2 is 1.81 bits per heavy atom. The van der Waals surface area contributed by atoms with Crippen molar-refractivity contribution in [1.29, 1.82) is 0 Å². The maximum Gasteiger partial charge on any atom is 0.0651 e. The van der Waals surface area contributed by atoms with Crippen LogP contribution in [0.25, 0.3) is 0 Å². The van der Waals surface area contributed by atoms with Crippen molar-refractivity contribution < 1.29 is 15.7 Å². The smallest absolute Gasteiger partial charge is 0.0651 e. The highest BCUT2D eigenvalue weighted by atomic mass is 16.3. The fourth-order valence-electron chi connectivity index (χ4n) is 6.25. The van der Waals surface area contributed by atoms with E-state index in [2.05, 4.69) is 51.7 Å². The maximum absolute atomic E-state index is 10.3. The first-order valence-electron chi connectivity index (χ1n) is 12.2. The zero-order chi connectivity index (χ0) is 22.1. The molecule has 0 aromatic heterocycles. The van der Waals surface area contributed by atoms with Gasteiger partial charge >= 0.3 is 0 Å². The minimum atomic E-state index is -0.663. The lowest BCUT2D eigenvalue weighted by Crippen LogP contribution is -2.35. The Bertz CT molecular complexity index is 723. The first-order valence-corrected chi connectivity index (χ1v) is 12.2. The largest absolute Gasteiger partial charge is 0.412 e. The lowest BCUT2D eigenvalue weighted by Gasteiger charge is -2.44. The van der Waals surface area contributed by atoms with Crippen LogP contribution in [0.2, 0.25) is 0 Å². The van der Waals surface area contributed by atoms with E-state index in [-0.39, 0.29) is 17.5 Å². The van der Waals surface area contributed by atoms with Crippen LogP contribution in [-0.2, 0) is 0 Å². The molecule has 0 aromatic carbocycles. The van der Waals surface area contributed by atoms with Crippen molar-refractivity contribution in [3.8, 4) is 0 Å². The second-order valence-corrected chi connectivity index (χ2v) is 11.2. The van der Waals surface area contributed by atoms with Crippen molar-refractivity contribution >= 4 is 0 Å². The number of hydrogen-bond acceptors (Lipinski definition) is 2. The van der Waals surface area contributed by atoms with Crippen molar-refractivity contribution in [1.82, 2.24) is 0 Å². The molecule has 3 heteroatoms. The van der Waals surface area contributed by atoms with Crippen LogP contribution < -0.4 is 0 Å². The summed E-state index contributed by atoms with van der Waals surface area (Å²) in [5, 5.41) is 20.3. The zero-order valence-electron chi connectivity index (χ0n) is 20.5.